The first-order valence-electron chi connectivity index (χ1n) is 9.84. The van der Waals surface area contributed by atoms with E-state index in [0.717, 1.165) is 6.42 Å². The van der Waals surface area contributed by atoms with Crippen LogP contribution >= 0.6 is 11.6 Å². The summed E-state index contributed by atoms with van der Waals surface area (Å²) < 4.78 is 28.5. The number of rotatable bonds is 5. The summed E-state index contributed by atoms with van der Waals surface area (Å²) in [6, 6.07) is 1.62. The van der Waals surface area contributed by atoms with Crippen molar-refractivity contribution in [3.05, 3.63) is 64.1 Å². The maximum atomic E-state index is 13.6. The van der Waals surface area contributed by atoms with E-state index in [-0.39, 0.29) is 23.9 Å². The van der Waals surface area contributed by atoms with Crippen molar-refractivity contribution in [2.75, 3.05) is 18.1 Å². The Hall–Kier alpha value is -3.35. The minimum atomic E-state index is -2.92. The molecule has 3 heterocycles. The lowest BCUT2D eigenvalue weighted by molar-refractivity contribution is 0.145. The first-order chi connectivity index (χ1) is 15.4. The fourth-order valence-electron chi connectivity index (χ4n) is 3.79. The lowest BCUT2D eigenvalue weighted by atomic mass is 9.98. The van der Waals surface area contributed by atoms with E-state index in [2.05, 4.69) is 21.7 Å². The smallest absolute Gasteiger partial charge is 0.283 e. The second-order valence-electron chi connectivity index (χ2n) is 7.32. The summed E-state index contributed by atoms with van der Waals surface area (Å²) >= 11 is 6.11. The van der Waals surface area contributed by atoms with Gasteiger partial charge in [-0.25, -0.2) is 13.8 Å². The van der Waals surface area contributed by atoms with E-state index in [1.54, 1.807) is 25.2 Å². The molecule has 0 amide bonds. The average Bonchev–Trinajstić information content (AvgIpc) is 3.10. The van der Waals surface area contributed by atoms with Gasteiger partial charge in [0.25, 0.3) is 6.43 Å². The van der Waals surface area contributed by atoms with Crippen LogP contribution in [0.4, 0.5) is 14.6 Å². The van der Waals surface area contributed by atoms with Gasteiger partial charge in [0.1, 0.15) is 23.1 Å². The third-order valence-electron chi connectivity index (χ3n) is 5.46. The second-order valence-corrected chi connectivity index (χ2v) is 7.76. The Bertz CT molecular complexity index is 1270. The topological polar surface area (TPSA) is 89.8 Å². The van der Waals surface area contributed by atoms with Crippen molar-refractivity contribution < 1.29 is 13.9 Å². The van der Waals surface area contributed by atoms with Gasteiger partial charge >= 0.3 is 0 Å². The standard InChI is InChI=1S/C22H19ClF2N6O/c1-3-27-18-9-14(23)5-4-13(18)8-16-12(2)28-21-17(10-26)19(20(24)25)29-31(21)22(16)30-7-6-15(30)11-32/h3-5,8-9,15,20,32H,1,6-7,11H2,2H3/b13-8+,27-18?. The quantitative estimate of drug-likeness (QED) is 0.732. The van der Waals surface area contributed by atoms with Crippen LogP contribution in [-0.4, -0.2) is 44.6 Å². The van der Waals surface area contributed by atoms with Gasteiger partial charge in [-0.2, -0.15) is 14.9 Å². The first-order valence-corrected chi connectivity index (χ1v) is 10.2. The average molecular weight is 457 g/mol. The van der Waals surface area contributed by atoms with Crippen molar-refractivity contribution in [3.63, 3.8) is 0 Å². The third-order valence-corrected chi connectivity index (χ3v) is 5.70. The molecule has 2 aromatic heterocycles. The SMILES string of the molecule is C=CN=C1C=C(Cl)C=C/C1=C\c1c(C)nc2c(C#N)c(C(F)F)nn2c1N1CCC1CO. The second kappa shape index (κ2) is 8.65. The van der Waals surface area contributed by atoms with Crippen LogP contribution in [-0.2, 0) is 0 Å². The molecule has 1 aliphatic carbocycles. The maximum absolute atomic E-state index is 13.6. The molecule has 0 bridgehead atoms. The molecule has 10 heteroatoms. The van der Waals surface area contributed by atoms with Crippen molar-refractivity contribution in [1.29, 1.82) is 5.26 Å². The van der Waals surface area contributed by atoms with Gasteiger partial charge in [-0.3, -0.25) is 4.99 Å². The van der Waals surface area contributed by atoms with E-state index in [0.29, 0.717) is 39.9 Å². The van der Waals surface area contributed by atoms with Crippen LogP contribution in [0.15, 0.2) is 46.6 Å². The minimum absolute atomic E-state index is 0.0585. The number of alkyl halides is 2. The predicted molar refractivity (Wildman–Crippen MR) is 119 cm³/mol. The number of aliphatic hydroxyl groups is 1. The highest BCUT2D eigenvalue weighted by Gasteiger charge is 2.34. The number of nitriles is 1. The number of hydrogen-bond acceptors (Lipinski definition) is 6. The van der Waals surface area contributed by atoms with Crippen LogP contribution in [0, 0.1) is 18.3 Å². The minimum Gasteiger partial charge on any atom is -0.394 e. The molecule has 1 N–H and O–H groups in total. The lowest BCUT2D eigenvalue weighted by Gasteiger charge is -2.42. The lowest BCUT2D eigenvalue weighted by Crippen LogP contribution is -2.51. The molecule has 2 aromatic rings. The Morgan fingerprint density at radius 2 is 2.25 bits per heavy atom. The van der Waals surface area contributed by atoms with Crippen molar-refractivity contribution in [1.82, 2.24) is 14.6 Å². The molecule has 7 nitrogen and oxygen atoms in total. The summed E-state index contributed by atoms with van der Waals surface area (Å²) in [7, 11) is 0. The Labute approximate surface area is 188 Å². The molecule has 32 heavy (non-hydrogen) atoms. The Balaban J connectivity index is 2.02. The van der Waals surface area contributed by atoms with Gasteiger partial charge in [0.05, 0.1) is 24.1 Å². The molecule has 0 saturated carbocycles. The number of fused-ring (bicyclic) bond motifs is 1. The molecule has 1 atom stereocenters. The predicted octanol–water partition coefficient (Wildman–Crippen LogP) is 4.08. The molecule has 0 spiro atoms. The van der Waals surface area contributed by atoms with E-state index in [4.69, 9.17) is 11.6 Å². The van der Waals surface area contributed by atoms with Crippen molar-refractivity contribution >= 4 is 34.9 Å². The summed E-state index contributed by atoms with van der Waals surface area (Å²) in [5.41, 5.74) is 1.61. The summed E-state index contributed by atoms with van der Waals surface area (Å²) in [5.74, 6) is 0.487. The highest BCUT2D eigenvalue weighted by molar-refractivity contribution is 6.35. The van der Waals surface area contributed by atoms with Crippen LogP contribution in [0.25, 0.3) is 11.7 Å². The number of halogens is 3. The highest BCUT2D eigenvalue weighted by Crippen LogP contribution is 2.36. The highest BCUT2D eigenvalue weighted by atomic mass is 35.5. The Morgan fingerprint density at radius 3 is 2.84 bits per heavy atom. The zero-order valence-electron chi connectivity index (χ0n) is 17.1. The molecule has 0 radical (unpaired) electrons. The van der Waals surface area contributed by atoms with E-state index in [1.807, 2.05) is 17.0 Å². The van der Waals surface area contributed by atoms with Gasteiger partial charge < -0.3 is 10.0 Å². The number of aromatic nitrogens is 3. The molecule has 1 fully saturated rings. The Kier molecular flexibility index (Phi) is 5.91. The van der Waals surface area contributed by atoms with Crippen LogP contribution < -0.4 is 4.90 Å². The number of aliphatic hydroxyl groups excluding tert-OH is 1. The molecule has 2 aliphatic rings. The number of aliphatic imine (C=N–C) groups is 1. The van der Waals surface area contributed by atoms with Gasteiger partial charge in [-0.1, -0.05) is 24.3 Å². The zero-order chi connectivity index (χ0) is 23.0. The molecule has 1 aliphatic heterocycles. The summed E-state index contributed by atoms with van der Waals surface area (Å²) in [6.07, 6.45) is 6.22. The van der Waals surface area contributed by atoms with E-state index >= 15 is 0 Å². The third kappa shape index (κ3) is 3.61. The monoisotopic (exact) mass is 456 g/mol. The number of hydrogen-bond donors (Lipinski definition) is 1. The van der Waals surface area contributed by atoms with E-state index < -0.39 is 12.1 Å². The van der Waals surface area contributed by atoms with Gasteiger partial charge in [0.2, 0.25) is 0 Å². The molecule has 0 aromatic carbocycles. The largest absolute Gasteiger partial charge is 0.394 e. The van der Waals surface area contributed by atoms with Gasteiger partial charge in [-0.15, -0.1) is 0 Å². The van der Waals surface area contributed by atoms with Gasteiger partial charge in [-0.05, 0) is 31.6 Å². The van der Waals surface area contributed by atoms with E-state index in [9.17, 15) is 19.1 Å². The summed E-state index contributed by atoms with van der Waals surface area (Å²) in [4.78, 5) is 10.6. The fraction of sp³-hybridized carbons (Fsp3) is 0.273. The van der Waals surface area contributed by atoms with Crippen molar-refractivity contribution in [2.24, 2.45) is 4.99 Å². The van der Waals surface area contributed by atoms with Crippen LogP contribution in [0.3, 0.4) is 0 Å². The number of allylic oxidation sites excluding steroid dienone is 5. The molecular formula is C22H19ClF2N6O. The number of aryl methyl sites for hydroxylation is 1. The molecule has 1 saturated heterocycles. The fourth-order valence-corrected chi connectivity index (χ4v) is 3.96. The zero-order valence-corrected chi connectivity index (χ0v) is 17.9. The first kappa shape index (κ1) is 21.9. The summed E-state index contributed by atoms with van der Waals surface area (Å²) in [5, 5.41) is 23.8. The number of anilines is 1. The van der Waals surface area contributed by atoms with E-state index in [1.165, 1.54) is 10.7 Å². The molecule has 164 valence electrons. The maximum Gasteiger partial charge on any atom is 0.283 e. The molecular weight excluding hydrogens is 438 g/mol. The van der Waals surface area contributed by atoms with Gasteiger partial charge in [0, 0.05) is 28.9 Å². The normalized spacial score (nSPS) is 20.7. The van der Waals surface area contributed by atoms with Crippen LogP contribution in [0.1, 0.15) is 35.4 Å². The van der Waals surface area contributed by atoms with Crippen molar-refractivity contribution in [2.45, 2.75) is 25.8 Å². The van der Waals surface area contributed by atoms with Crippen LogP contribution in [0.5, 0.6) is 0 Å². The van der Waals surface area contributed by atoms with Gasteiger partial charge in [0.15, 0.2) is 5.65 Å². The number of nitrogens with zero attached hydrogens (tertiary/aromatic N) is 6. The molecule has 4 rings (SSSR count). The van der Waals surface area contributed by atoms with Crippen molar-refractivity contribution in [3.8, 4) is 6.07 Å². The Morgan fingerprint density at radius 1 is 1.47 bits per heavy atom. The summed E-state index contributed by atoms with van der Waals surface area (Å²) in [6.45, 7) is 5.86. The molecule has 1 unspecified atom stereocenters. The van der Waals surface area contributed by atoms with Crippen LogP contribution in [0.2, 0.25) is 0 Å².